The number of ether oxygens (including phenoxy) is 1. The minimum absolute atomic E-state index is 0.217. The van der Waals surface area contributed by atoms with Crippen LogP contribution < -0.4 is 9.62 Å². The maximum atomic E-state index is 12.7. The number of nitrogens with zero attached hydrogens (tertiary/aromatic N) is 2. The molecule has 1 aliphatic rings. The number of nitrogens with one attached hydrogen (secondary N) is 1. The highest BCUT2D eigenvalue weighted by atomic mass is 32.2. The molecule has 1 fully saturated rings. The number of rotatable bonds is 7. The molecule has 1 aromatic heterocycles. The second-order valence-corrected chi connectivity index (χ2v) is 11.4. The molecule has 0 amide bonds. The number of sulfonamides is 1. The number of nitriles is 1. The Balaban J connectivity index is 1.51. The monoisotopic (exact) mass is 513 g/mol. The smallest absolute Gasteiger partial charge is 0.250 e. The number of hydrogen-bond donors (Lipinski definition) is 3. The van der Waals surface area contributed by atoms with Gasteiger partial charge in [-0.15, -0.1) is 11.3 Å². The van der Waals surface area contributed by atoms with Crippen LogP contribution in [0.25, 0.3) is 27.3 Å². The fraction of sp³-hybridized carbons (Fsp3) is 0.320. The quantitative estimate of drug-likeness (QED) is 0.415. The Bertz CT molecular complexity index is 1390. The first-order valence-corrected chi connectivity index (χ1v) is 13.4. The predicted molar refractivity (Wildman–Crippen MR) is 138 cm³/mol. The van der Waals surface area contributed by atoms with Crippen molar-refractivity contribution in [2.24, 2.45) is 0 Å². The van der Waals surface area contributed by atoms with Gasteiger partial charge in [-0.2, -0.15) is 5.26 Å². The van der Waals surface area contributed by atoms with Gasteiger partial charge in [0.05, 0.1) is 12.2 Å². The largest absolute Gasteiger partial charge is 0.390 e. The van der Waals surface area contributed by atoms with Crippen LogP contribution in [0, 0.1) is 11.3 Å². The summed E-state index contributed by atoms with van der Waals surface area (Å²) in [6.45, 7) is -0.0307. The average Bonchev–Trinajstić information content (AvgIpc) is 3.31. The molecule has 0 unspecified atom stereocenters. The Morgan fingerprint density at radius 2 is 1.94 bits per heavy atom. The van der Waals surface area contributed by atoms with Gasteiger partial charge in [0.25, 0.3) is 10.0 Å². The maximum absolute atomic E-state index is 12.7. The Kier molecular flexibility index (Phi) is 7.56. The molecule has 0 saturated carbocycles. The van der Waals surface area contributed by atoms with Gasteiger partial charge in [0.15, 0.2) is 4.91 Å². The van der Waals surface area contributed by atoms with Gasteiger partial charge in [-0.3, -0.25) is 0 Å². The molecular formula is C25H27N3O5S2. The fourth-order valence-electron chi connectivity index (χ4n) is 3.86. The predicted octanol–water partition coefficient (Wildman–Crippen LogP) is 2.93. The summed E-state index contributed by atoms with van der Waals surface area (Å²) in [5.41, 5.74) is 2.12. The lowest BCUT2D eigenvalue weighted by molar-refractivity contribution is -0.131. The molecule has 0 spiro atoms. The topological polar surface area (TPSA) is 123 Å². The molecule has 184 valence electrons. The lowest BCUT2D eigenvalue weighted by Gasteiger charge is -2.31. The minimum atomic E-state index is -4.13. The van der Waals surface area contributed by atoms with E-state index < -0.39 is 33.2 Å². The minimum Gasteiger partial charge on any atom is -0.390 e. The van der Waals surface area contributed by atoms with Crippen molar-refractivity contribution in [1.29, 1.82) is 5.26 Å². The van der Waals surface area contributed by atoms with Gasteiger partial charge in [0.1, 0.15) is 12.2 Å². The van der Waals surface area contributed by atoms with E-state index in [2.05, 4.69) is 40.0 Å². The van der Waals surface area contributed by atoms with Crippen molar-refractivity contribution in [2.45, 2.75) is 24.7 Å². The molecule has 2 aromatic carbocycles. The van der Waals surface area contributed by atoms with E-state index in [0.717, 1.165) is 26.9 Å². The van der Waals surface area contributed by atoms with Gasteiger partial charge < -0.3 is 19.8 Å². The summed E-state index contributed by atoms with van der Waals surface area (Å²) < 4.78 is 33.0. The molecule has 0 radical (unpaired) electrons. The summed E-state index contributed by atoms with van der Waals surface area (Å²) in [5, 5.41) is 31.5. The van der Waals surface area contributed by atoms with Gasteiger partial charge >= 0.3 is 0 Å². The van der Waals surface area contributed by atoms with Crippen LogP contribution in [-0.4, -0.2) is 64.2 Å². The van der Waals surface area contributed by atoms with Crippen LogP contribution in [0.15, 0.2) is 53.4 Å². The number of aliphatic hydroxyl groups is 2. The Morgan fingerprint density at radius 3 is 2.69 bits per heavy atom. The number of thiophene rings is 1. The molecule has 3 N–H and O–H groups in total. The highest BCUT2D eigenvalue weighted by Gasteiger charge is 2.32. The van der Waals surface area contributed by atoms with Gasteiger partial charge in [0, 0.05) is 42.7 Å². The van der Waals surface area contributed by atoms with Crippen molar-refractivity contribution in [2.75, 3.05) is 32.1 Å². The third-order valence-electron chi connectivity index (χ3n) is 5.92. The third kappa shape index (κ3) is 5.73. The van der Waals surface area contributed by atoms with Gasteiger partial charge in [-0.25, -0.2) is 13.1 Å². The molecular weight excluding hydrogens is 486 g/mol. The zero-order valence-corrected chi connectivity index (χ0v) is 21.0. The van der Waals surface area contributed by atoms with E-state index in [1.165, 1.54) is 17.4 Å². The number of aliphatic hydroxyl groups excluding tert-OH is 2. The molecule has 0 bridgehead atoms. The van der Waals surface area contributed by atoms with Crippen LogP contribution in [-0.2, 0) is 14.8 Å². The van der Waals surface area contributed by atoms with Crippen molar-refractivity contribution in [1.82, 2.24) is 4.72 Å². The highest BCUT2D eigenvalue weighted by molar-refractivity contribution is 7.93. The summed E-state index contributed by atoms with van der Waals surface area (Å²) in [6.07, 6.45) is -1.45. The first-order valence-electron chi connectivity index (χ1n) is 11.1. The number of fused-ring (bicyclic) bond motifs is 1. The van der Waals surface area contributed by atoms with Crippen molar-refractivity contribution >= 4 is 43.9 Å². The van der Waals surface area contributed by atoms with E-state index in [1.54, 1.807) is 12.1 Å². The molecule has 3 aromatic rings. The van der Waals surface area contributed by atoms with Gasteiger partial charge in [0.2, 0.25) is 0 Å². The number of hydrogen-bond acceptors (Lipinski definition) is 8. The van der Waals surface area contributed by atoms with Crippen LogP contribution in [0.4, 0.5) is 5.69 Å². The number of benzene rings is 2. The van der Waals surface area contributed by atoms with E-state index in [0.29, 0.717) is 4.88 Å². The summed E-state index contributed by atoms with van der Waals surface area (Å²) in [4.78, 5) is 3.18. The second kappa shape index (κ2) is 10.5. The standard InChI is InChI=1S/C25H27N3O5S2/c1-28(2)19-6-5-16-11-18(4-3-17(16)12-19)24-8-7-20(34-24)13-21(14-26)35(31,32)27-15-23-25(30)22(29)9-10-33-23/h3-8,11-13,22-23,25,27,29-30H,9-10,15H2,1-2H3/b21-13+/t22-,23-,25+/m1/s1. The maximum Gasteiger partial charge on any atom is 0.250 e. The van der Waals surface area contributed by atoms with E-state index in [4.69, 9.17) is 4.74 Å². The molecule has 1 aliphatic heterocycles. The second-order valence-electron chi connectivity index (χ2n) is 8.57. The number of allylic oxidation sites excluding steroid dienone is 1. The Hall–Kier alpha value is -2.78. The van der Waals surface area contributed by atoms with E-state index in [1.807, 2.05) is 26.2 Å². The van der Waals surface area contributed by atoms with Crippen molar-refractivity contribution in [3.8, 4) is 16.5 Å². The summed E-state index contributed by atoms with van der Waals surface area (Å²) >= 11 is 1.38. The molecule has 0 aliphatic carbocycles. The molecule has 3 atom stereocenters. The van der Waals surface area contributed by atoms with Gasteiger partial charge in [-0.05, 0) is 59.2 Å². The first-order chi connectivity index (χ1) is 16.7. The summed E-state index contributed by atoms with van der Waals surface area (Å²) in [6, 6.07) is 17.8. The normalized spacial score (nSPS) is 21.1. The number of anilines is 1. The SMILES string of the molecule is CN(C)c1ccc2cc(-c3ccc(/C=C(\C#N)S(=O)(=O)NC[C@H]4OCC[C@@H](O)[C@@H]4O)s3)ccc2c1. The Labute approximate surface area is 208 Å². The third-order valence-corrected chi connectivity index (χ3v) is 8.34. The van der Waals surface area contributed by atoms with E-state index in [9.17, 15) is 23.9 Å². The fourth-order valence-corrected chi connectivity index (χ4v) is 5.82. The summed E-state index contributed by atoms with van der Waals surface area (Å²) in [5.74, 6) is 0. The molecule has 4 rings (SSSR count). The average molecular weight is 514 g/mol. The lowest BCUT2D eigenvalue weighted by atomic mass is 10.0. The van der Waals surface area contributed by atoms with Crippen molar-refractivity contribution in [3.05, 3.63) is 58.3 Å². The van der Waals surface area contributed by atoms with Crippen molar-refractivity contribution < 1.29 is 23.4 Å². The van der Waals surface area contributed by atoms with Crippen LogP contribution in [0.5, 0.6) is 0 Å². The molecule has 2 heterocycles. The molecule has 8 nitrogen and oxygen atoms in total. The van der Waals surface area contributed by atoms with Gasteiger partial charge in [-0.1, -0.05) is 18.2 Å². The van der Waals surface area contributed by atoms with E-state index >= 15 is 0 Å². The first kappa shape index (κ1) is 25.3. The highest BCUT2D eigenvalue weighted by Crippen LogP contribution is 2.32. The Morgan fingerprint density at radius 1 is 1.20 bits per heavy atom. The summed E-state index contributed by atoms with van der Waals surface area (Å²) in [7, 11) is -0.128. The molecule has 1 saturated heterocycles. The van der Waals surface area contributed by atoms with Crippen LogP contribution in [0.1, 0.15) is 11.3 Å². The van der Waals surface area contributed by atoms with Crippen LogP contribution in [0.2, 0.25) is 0 Å². The molecule has 10 heteroatoms. The van der Waals surface area contributed by atoms with Crippen LogP contribution in [0.3, 0.4) is 0 Å². The lowest BCUT2D eigenvalue weighted by Crippen LogP contribution is -2.49. The zero-order valence-electron chi connectivity index (χ0n) is 19.4. The zero-order chi connectivity index (χ0) is 25.2. The van der Waals surface area contributed by atoms with Crippen molar-refractivity contribution in [3.63, 3.8) is 0 Å². The van der Waals surface area contributed by atoms with E-state index in [-0.39, 0.29) is 19.6 Å². The van der Waals surface area contributed by atoms with Crippen LogP contribution >= 0.6 is 11.3 Å². The molecule has 35 heavy (non-hydrogen) atoms.